The Labute approximate surface area is 142 Å². The molecular weight excluding hydrogens is 370 g/mol. The molecule has 0 saturated heterocycles. The number of amides is 1. The monoisotopic (exact) mass is 383 g/mol. The zero-order valence-corrected chi connectivity index (χ0v) is 14.5. The molecular formula is C16H15BrClNO3. The lowest BCUT2D eigenvalue weighted by Crippen LogP contribution is -2.14. The molecule has 0 aliphatic heterocycles. The van der Waals surface area contributed by atoms with E-state index in [1.54, 1.807) is 19.2 Å². The highest BCUT2D eigenvalue weighted by Gasteiger charge is 2.12. The number of benzene rings is 2. The van der Waals surface area contributed by atoms with Gasteiger partial charge in [0.15, 0.2) is 5.75 Å². The summed E-state index contributed by atoms with van der Waals surface area (Å²) < 4.78 is 5.91. The second-order valence-corrected chi connectivity index (χ2v) is 6.14. The number of nitrogens with one attached hydrogen (secondary N) is 1. The molecule has 0 spiro atoms. The molecule has 116 valence electrons. The summed E-state index contributed by atoms with van der Waals surface area (Å²) >= 11 is 9.14. The van der Waals surface area contributed by atoms with Crippen LogP contribution in [0, 0.1) is 6.92 Å². The van der Waals surface area contributed by atoms with E-state index in [2.05, 4.69) is 21.2 Å². The Morgan fingerprint density at radius 2 is 2.09 bits per heavy atom. The van der Waals surface area contributed by atoms with Crippen LogP contribution in [0.2, 0.25) is 5.02 Å². The Bertz CT molecular complexity index is 719. The number of carbonyl (C=O) groups excluding carboxylic acids is 1. The largest absolute Gasteiger partial charge is 0.504 e. The van der Waals surface area contributed by atoms with Crippen molar-refractivity contribution in [2.24, 2.45) is 0 Å². The second kappa shape index (κ2) is 7.03. The van der Waals surface area contributed by atoms with Gasteiger partial charge in [-0.2, -0.15) is 0 Å². The fourth-order valence-corrected chi connectivity index (χ4v) is 2.82. The molecule has 2 N–H and O–H groups in total. The van der Waals surface area contributed by atoms with Gasteiger partial charge in [-0.3, -0.25) is 4.79 Å². The molecule has 0 unspecified atom stereocenters. The van der Waals surface area contributed by atoms with Gasteiger partial charge in [0.1, 0.15) is 5.75 Å². The van der Waals surface area contributed by atoms with Crippen molar-refractivity contribution >= 4 is 39.1 Å². The molecule has 0 saturated carbocycles. The SMILES string of the molecule is COc1cc(CC(=O)Nc2cc(Br)cc(Cl)c2O)ccc1C. The average molecular weight is 385 g/mol. The van der Waals surface area contributed by atoms with Crippen LogP contribution in [0.15, 0.2) is 34.8 Å². The number of methoxy groups -OCH3 is 1. The van der Waals surface area contributed by atoms with E-state index in [-0.39, 0.29) is 28.8 Å². The van der Waals surface area contributed by atoms with Gasteiger partial charge in [0.05, 0.1) is 24.2 Å². The van der Waals surface area contributed by atoms with E-state index in [0.717, 1.165) is 16.9 Å². The van der Waals surface area contributed by atoms with Gasteiger partial charge in [0, 0.05) is 4.47 Å². The first-order valence-corrected chi connectivity index (χ1v) is 7.69. The number of aryl methyl sites for hydroxylation is 1. The van der Waals surface area contributed by atoms with E-state index in [4.69, 9.17) is 16.3 Å². The van der Waals surface area contributed by atoms with Gasteiger partial charge in [0.25, 0.3) is 0 Å². The van der Waals surface area contributed by atoms with Crippen LogP contribution in [0.25, 0.3) is 0 Å². The molecule has 0 atom stereocenters. The molecule has 1 amide bonds. The molecule has 0 aromatic heterocycles. The van der Waals surface area contributed by atoms with E-state index < -0.39 is 0 Å². The first kappa shape index (κ1) is 16.6. The van der Waals surface area contributed by atoms with Crippen molar-refractivity contribution in [2.45, 2.75) is 13.3 Å². The topological polar surface area (TPSA) is 58.6 Å². The molecule has 2 rings (SSSR count). The summed E-state index contributed by atoms with van der Waals surface area (Å²) in [5.74, 6) is 0.328. The lowest BCUT2D eigenvalue weighted by Gasteiger charge is -2.10. The highest BCUT2D eigenvalue weighted by molar-refractivity contribution is 9.10. The van der Waals surface area contributed by atoms with Crippen LogP contribution in [0.4, 0.5) is 5.69 Å². The van der Waals surface area contributed by atoms with Gasteiger partial charge < -0.3 is 15.2 Å². The summed E-state index contributed by atoms with van der Waals surface area (Å²) in [7, 11) is 1.59. The minimum Gasteiger partial charge on any atom is -0.504 e. The summed E-state index contributed by atoms with van der Waals surface area (Å²) in [5.41, 5.74) is 2.09. The highest BCUT2D eigenvalue weighted by Crippen LogP contribution is 2.35. The van der Waals surface area contributed by atoms with E-state index in [9.17, 15) is 9.90 Å². The van der Waals surface area contributed by atoms with Gasteiger partial charge >= 0.3 is 0 Å². The molecule has 0 aliphatic carbocycles. The number of aromatic hydroxyl groups is 1. The Kier molecular flexibility index (Phi) is 5.32. The Hall–Kier alpha value is -1.72. The minimum absolute atomic E-state index is 0.153. The van der Waals surface area contributed by atoms with Crippen LogP contribution in [0.5, 0.6) is 11.5 Å². The predicted molar refractivity (Wildman–Crippen MR) is 90.9 cm³/mol. The maximum atomic E-state index is 12.1. The molecule has 0 aliphatic rings. The van der Waals surface area contributed by atoms with Gasteiger partial charge in [0.2, 0.25) is 5.91 Å². The van der Waals surface area contributed by atoms with Crippen molar-refractivity contribution < 1.29 is 14.6 Å². The number of rotatable bonds is 4. The molecule has 4 nitrogen and oxygen atoms in total. The Morgan fingerprint density at radius 1 is 1.36 bits per heavy atom. The highest BCUT2D eigenvalue weighted by atomic mass is 79.9. The minimum atomic E-state index is -0.254. The van der Waals surface area contributed by atoms with E-state index >= 15 is 0 Å². The smallest absolute Gasteiger partial charge is 0.228 e. The zero-order chi connectivity index (χ0) is 16.3. The number of phenolic OH excluding ortho intramolecular Hbond substituents is 1. The second-order valence-electron chi connectivity index (χ2n) is 4.81. The van der Waals surface area contributed by atoms with Gasteiger partial charge in [-0.15, -0.1) is 0 Å². The molecule has 0 fully saturated rings. The number of anilines is 1. The lowest BCUT2D eigenvalue weighted by molar-refractivity contribution is -0.115. The summed E-state index contributed by atoms with van der Waals surface area (Å²) in [6, 6.07) is 8.73. The summed E-state index contributed by atoms with van der Waals surface area (Å²) in [4.78, 5) is 12.1. The first-order chi connectivity index (χ1) is 10.4. The average Bonchev–Trinajstić information content (AvgIpc) is 2.46. The van der Waals surface area contributed by atoms with Crippen LogP contribution in [0.1, 0.15) is 11.1 Å². The number of hydrogen-bond donors (Lipinski definition) is 2. The van der Waals surface area contributed by atoms with Crippen molar-refractivity contribution in [3.63, 3.8) is 0 Å². The third kappa shape index (κ3) is 3.93. The van der Waals surface area contributed by atoms with E-state index in [0.29, 0.717) is 4.47 Å². The van der Waals surface area contributed by atoms with Gasteiger partial charge in [-0.25, -0.2) is 0 Å². The van der Waals surface area contributed by atoms with E-state index in [1.165, 1.54) is 0 Å². The molecule has 22 heavy (non-hydrogen) atoms. The van der Waals surface area contributed by atoms with Crippen LogP contribution < -0.4 is 10.1 Å². The summed E-state index contributed by atoms with van der Waals surface area (Å²) in [6.45, 7) is 1.93. The van der Waals surface area contributed by atoms with E-state index in [1.807, 2.05) is 25.1 Å². The van der Waals surface area contributed by atoms with Crippen molar-refractivity contribution in [1.29, 1.82) is 0 Å². The third-order valence-electron chi connectivity index (χ3n) is 3.14. The number of phenols is 1. The van der Waals surface area contributed by atoms with Crippen molar-refractivity contribution in [2.75, 3.05) is 12.4 Å². The molecule has 0 bridgehead atoms. The maximum absolute atomic E-state index is 12.1. The van der Waals surface area contributed by atoms with Crippen molar-refractivity contribution in [3.8, 4) is 11.5 Å². The zero-order valence-electron chi connectivity index (χ0n) is 12.1. The molecule has 0 radical (unpaired) electrons. The summed E-state index contributed by atoms with van der Waals surface area (Å²) in [6.07, 6.45) is 0.167. The first-order valence-electron chi connectivity index (χ1n) is 6.52. The normalized spacial score (nSPS) is 10.4. The number of ether oxygens (including phenoxy) is 1. The summed E-state index contributed by atoms with van der Waals surface area (Å²) in [5, 5.41) is 12.7. The fourth-order valence-electron chi connectivity index (χ4n) is 2.02. The van der Waals surface area contributed by atoms with Crippen LogP contribution >= 0.6 is 27.5 Å². The van der Waals surface area contributed by atoms with Gasteiger partial charge in [-0.05, 0) is 36.2 Å². The number of halogens is 2. The van der Waals surface area contributed by atoms with Crippen molar-refractivity contribution in [3.05, 3.63) is 51.0 Å². The quantitative estimate of drug-likeness (QED) is 0.772. The Morgan fingerprint density at radius 3 is 2.77 bits per heavy atom. The number of hydrogen-bond acceptors (Lipinski definition) is 3. The van der Waals surface area contributed by atoms with Crippen molar-refractivity contribution in [1.82, 2.24) is 0 Å². The van der Waals surface area contributed by atoms with Crippen LogP contribution in [0.3, 0.4) is 0 Å². The maximum Gasteiger partial charge on any atom is 0.228 e. The number of carbonyl (C=O) groups is 1. The Balaban J connectivity index is 2.14. The van der Waals surface area contributed by atoms with Gasteiger partial charge in [-0.1, -0.05) is 39.7 Å². The third-order valence-corrected chi connectivity index (χ3v) is 3.89. The predicted octanol–water partition coefficient (Wildman–Crippen LogP) is 4.31. The standard InChI is InChI=1S/C16H15BrClNO3/c1-9-3-4-10(5-14(9)22-2)6-15(20)19-13-8-11(17)7-12(18)16(13)21/h3-5,7-8,21H,6H2,1-2H3,(H,19,20). The lowest BCUT2D eigenvalue weighted by atomic mass is 10.1. The van der Waals surface area contributed by atoms with Crippen LogP contribution in [-0.4, -0.2) is 18.1 Å². The fraction of sp³-hybridized carbons (Fsp3) is 0.188. The molecule has 2 aromatic carbocycles. The van der Waals surface area contributed by atoms with Crippen LogP contribution in [-0.2, 0) is 11.2 Å². The molecule has 0 heterocycles. The molecule has 6 heteroatoms. The molecule has 2 aromatic rings.